The van der Waals surface area contributed by atoms with E-state index < -0.39 is 5.97 Å². The minimum absolute atomic E-state index is 0.141. The lowest BCUT2D eigenvalue weighted by molar-refractivity contribution is -0.120. The Kier molecular flexibility index (Phi) is 7.60. The van der Waals surface area contributed by atoms with Crippen molar-refractivity contribution in [2.45, 2.75) is 11.3 Å². The summed E-state index contributed by atoms with van der Waals surface area (Å²) in [5.41, 5.74) is 3.79. The van der Waals surface area contributed by atoms with Gasteiger partial charge in [-0.25, -0.2) is 10.2 Å². The Bertz CT molecular complexity index is 958. The van der Waals surface area contributed by atoms with Gasteiger partial charge in [-0.15, -0.1) is 11.8 Å². The van der Waals surface area contributed by atoms with Crippen LogP contribution in [0, 0.1) is 0 Å². The van der Waals surface area contributed by atoms with Crippen LogP contribution in [0.25, 0.3) is 0 Å². The second kappa shape index (κ2) is 10.8. The first-order valence-electron chi connectivity index (χ1n) is 9.08. The van der Waals surface area contributed by atoms with Crippen molar-refractivity contribution in [2.75, 3.05) is 5.75 Å². The van der Waals surface area contributed by atoms with Gasteiger partial charge >= 0.3 is 5.97 Å². The van der Waals surface area contributed by atoms with Crippen molar-refractivity contribution >= 4 is 29.9 Å². The van der Waals surface area contributed by atoms with Gasteiger partial charge in [0.1, 0.15) is 5.75 Å². The molecule has 6 heteroatoms. The molecular formula is C23H20N2O3S. The Morgan fingerprint density at radius 2 is 1.55 bits per heavy atom. The summed E-state index contributed by atoms with van der Waals surface area (Å²) in [6.45, 7) is 0. The van der Waals surface area contributed by atoms with Gasteiger partial charge in [0, 0.05) is 17.1 Å². The van der Waals surface area contributed by atoms with E-state index in [-0.39, 0.29) is 5.91 Å². The monoisotopic (exact) mass is 404 g/mol. The number of carbonyl (C=O) groups is 2. The van der Waals surface area contributed by atoms with E-state index in [2.05, 4.69) is 10.5 Å². The Hall–Kier alpha value is -3.38. The predicted molar refractivity (Wildman–Crippen MR) is 115 cm³/mol. The number of amides is 1. The van der Waals surface area contributed by atoms with Gasteiger partial charge in [-0.3, -0.25) is 4.79 Å². The maximum absolute atomic E-state index is 12.0. The summed E-state index contributed by atoms with van der Waals surface area (Å²) in [6.07, 6.45) is 1.93. The van der Waals surface area contributed by atoms with Crippen LogP contribution in [-0.4, -0.2) is 23.8 Å². The summed E-state index contributed by atoms with van der Waals surface area (Å²) >= 11 is 1.63. The maximum atomic E-state index is 12.0. The molecular weight excluding hydrogens is 384 g/mol. The van der Waals surface area contributed by atoms with Crippen molar-refractivity contribution in [3.63, 3.8) is 0 Å². The van der Waals surface area contributed by atoms with Gasteiger partial charge in [-0.05, 0) is 54.1 Å². The van der Waals surface area contributed by atoms with E-state index >= 15 is 0 Å². The minimum atomic E-state index is -0.410. The first-order chi connectivity index (χ1) is 14.2. The van der Waals surface area contributed by atoms with Crippen LogP contribution in [0.4, 0.5) is 0 Å². The molecule has 0 aliphatic heterocycles. The lowest BCUT2D eigenvalue weighted by Gasteiger charge is -2.04. The summed E-state index contributed by atoms with van der Waals surface area (Å²) in [7, 11) is 0. The molecule has 0 radical (unpaired) electrons. The van der Waals surface area contributed by atoms with Crippen LogP contribution in [0.5, 0.6) is 5.75 Å². The highest BCUT2D eigenvalue weighted by atomic mass is 32.2. The Balaban J connectivity index is 1.41. The molecule has 29 heavy (non-hydrogen) atoms. The fraction of sp³-hybridized carbons (Fsp3) is 0.0870. The molecule has 3 aromatic carbocycles. The number of hydrazone groups is 1. The highest BCUT2D eigenvalue weighted by Gasteiger charge is 2.07. The molecule has 0 heterocycles. The zero-order valence-electron chi connectivity index (χ0n) is 15.7. The SMILES string of the molecule is O=C(CCSc1ccccc1)N/N=C\c1ccc(OC(=O)c2ccccc2)cc1. The van der Waals surface area contributed by atoms with E-state index in [9.17, 15) is 9.59 Å². The van der Waals surface area contributed by atoms with Gasteiger partial charge < -0.3 is 4.74 Å². The van der Waals surface area contributed by atoms with Crippen molar-refractivity contribution < 1.29 is 14.3 Å². The van der Waals surface area contributed by atoms with E-state index in [1.807, 2.05) is 36.4 Å². The minimum Gasteiger partial charge on any atom is -0.423 e. The Morgan fingerprint density at radius 3 is 2.24 bits per heavy atom. The summed E-state index contributed by atoms with van der Waals surface area (Å²) in [6, 6.07) is 25.6. The number of hydrogen-bond donors (Lipinski definition) is 1. The average molecular weight is 404 g/mol. The van der Waals surface area contributed by atoms with Crippen molar-refractivity contribution in [2.24, 2.45) is 5.10 Å². The predicted octanol–water partition coefficient (Wildman–Crippen LogP) is 4.54. The first-order valence-corrected chi connectivity index (χ1v) is 10.1. The number of nitrogens with zero attached hydrogens (tertiary/aromatic N) is 1. The molecule has 0 aromatic heterocycles. The molecule has 1 amide bonds. The average Bonchev–Trinajstić information content (AvgIpc) is 2.76. The van der Waals surface area contributed by atoms with Crippen LogP contribution in [0.1, 0.15) is 22.3 Å². The van der Waals surface area contributed by atoms with Crippen molar-refractivity contribution in [1.82, 2.24) is 5.43 Å². The van der Waals surface area contributed by atoms with E-state index in [1.54, 1.807) is 66.5 Å². The van der Waals surface area contributed by atoms with Gasteiger partial charge in [-0.1, -0.05) is 36.4 Å². The third-order valence-corrected chi connectivity index (χ3v) is 4.86. The largest absolute Gasteiger partial charge is 0.423 e. The number of thioether (sulfide) groups is 1. The molecule has 0 spiro atoms. The normalized spacial score (nSPS) is 10.6. The van der Waals surface area contributed by atoms with Crippen LogP contribution in [-0.2, 0) is 4.79 Å². The van der Waals surface area contributed by atoms with Crippen LogP contribution < -0.4 is 10.2 Å². The molecule has 0 unspecified atom stereocenters. The number of nitrogens with one attached hydrogen (secondary N) is 1. The molecule has 0 saturated heterocycles. The summed E-state index contributed by atoms with van der Waals surface area (Å²) < 4.78 is 5.32. The molecule has 0 atom stereocenters. The summed E-state index contributed by atoms with van der Waals surface area (Å²) in [5.74, 6) is 0.580. The number of hydrogen-bond acceptors (Lipinski definition) is 5. The number of carbonyl (C=O) groups excluding carboxylic acids is 2. The van der Waals surface area contributed by atoms with Crippen molar-refractivity contribution in [1.29, 1.82) is 0 Å². The molecule has 5 nitrogen and oxygen atoms in total. The lowest BCUT2D eigenvalue weighted by Crippen LogP contribution is -2.17. The van der Waals surface area contributed by atoms with Crippen LogP contribution >= 0.6 is 11.8 Å². The van der Waals surface area contributed by atoms with Crippen molar-refractivity contribution in [3.8, 4) is 5.75 Å². The second-order valence-corrected chi connectivity index (χ2v) is 7.20. The smallest absolute Gasteiger partial charge is 0.343 e. The molecule has 0 aliphatic rings. The topological polar surface area (TPSA) is 67.8 Å². The number of rotatable bonds is 8. The third-order valence-electron chi connectivity index (χ3n) is 3.84. The molecule has 0 fully saturated rings. The van der Waals surface area contributed by atoms with Gasteiger partial charge in [0.2, 0.25) is 5.91 Å². The van der Waals surface area contributed by atoms with E-state index in [1.165, 1.54) is 0 Å². The second-order valence-electron chi connectivity index (χ2n) is 6.03. The molecule has 1 N–H and O–H groups in total. The highest BCUT2D eigenvalue weighted by molar-refractivity contribution is 7.99. The van der Waals surface area contributed by atoms with Gasteiger partial charge in [0.25, 0.3) is 0 Å². The fourth-order valence-electron chi connectivity index (χ4n) is 2.38. The van der Waals surface area contributed by atoms with Crippen LogP contribution in [0.2, 0.25) is 0 Å². The highest BCUT2D eigenvalue weighted by Crippen LogP contribution is 2.17. The van der Waals surface area contributed by atoms with Crippen LogP contribution in [0.15, 0.2) is 94.9 Å². The van der Waals surface area contributed by atoms with Gasteiger partial charge in [0.15, 0.2) is 0 Å². The first kappa shape index (κ1) is 20.4. The summed E-state index contributed by atoms with van der Waals surface area (Å²) in [5, 5.41) is 3.96. The standard InChI is InChI=1S/C23H20N2O3S/c26-22(15-16-29-21-9-5-2-6-10-21)25-24-17-18-11-13-20(14-12-18)28-23(27)19-7-3-1-4-8-19/h1-14,17H,15-16H2,(H,25,26)/b24-17-. The van der Waals surface area contributed by atoms with E-state index in [4.69, 9.17) is 4.74 Å². The van der Waals surface area contributed by atoms with Gasteiger partial charge in [-0.2, -0.15) is 5.10 Å². The Morgan fingerprint density at radius 1 is 0.897 bits per heavy atom. The number of esters is 1. The summed E-state index contributed by atoms with van der Waals surface area (Å²) in [4.78, 5) is 25.0. The number of ether oxygens (including phenoxy) is 1. The number of benzene rings is 3. The molecule has 0 bridgehead atoms. The molecule has 0 saturated carbocycles. The fourth-order valence-corrected chi connectivity index (χ4v) is 3.25. The zero-order valence-corrected chi connectivity index (χ0v) is 16.5. The molecule has 146 valence electrons. The van der Waals surface area contributed by atoms with E-state index in [0.29, 0.717) is 23.5 Å². The molecule has 3 aromatic rings. The third kappa shape index (κ3) is 6.93. The van der Waals surface area contributed by atoms with Crippen molar-refractivity contribution in [3.05, 3.63) is 96.1 Å². The molecule has 0 aliphatic carbocycles. The maximum Gasteiger partial charge on any atom is 0.343 e. The van der Waals surface area contributed by atoms with Gasteiger partial charge in [0.05, 0.1) is 11.8 Å². The zero-order chi connectivity index (χ0) is 20.3. The quantitative estimate of drug-likeness (QED) is 0.197. The van der Waals surface area contributed by atoms with Crippen LogP contribution in [0.3, 0.4) is 0 Å². The Labute approximate surface area is 173 Å². The molecule has 3 rings (SSSR count). The van der Waals surface area contributed by atoms with E-state index in [0.717, 1.165) is 10.5 Å². The lowest BCUT2D eigenvalue weighted by atomic mass is 10.2.